The molecule has 2 aromatic rings. The highest BCUT2D eigenvalue weighted by molar-refractivity contribution is 9.10. The van der Waals surface area contributed by atoms with Gasteiger partial charge in [0.05, 0.1) is 26.5 Å². The van der Waals surface area contributed by atoms with Gasteiger partial charge in [-0.1, -0.05) is 0 Å². The number of rotatable bonds is 1. The van der Waals surface area contributed by atoms with Crippen molar-refractivity contribution in [2.75, 3.05) is 5.73 Å². The molecular weight excluding hydrogens is 329 g/mol. The monoisotopic (exact) mass is 333 g/mol. The average molecular weight is 335 g/mol. The van der Waals surface area contributed by atoms with Crippen LogP contribution < -0.4 is 5.73 Å². The predicted octanol–water partition coefficient (Wildman–Crippen LogP) is 3.12. The second-order valence-electron chi connectivity index (χ2n) is 2.93. The maximum atomic E-state index is 13.1. The Morgan fingerprint density at radius 2 is 2.07 bits per heavy atom. The molecule has 78 valence electrons. The van der Waals surface area contributed by atoms with E-state index in [9.17, 15) is 4.39 Å². The molecule has 0 aliphatic rings. The highest BCUT2D eigenvalue weighted by Crippen LogP contribution is 2.25. The van der Waals surface area contributed by atoms with Gasteiger partial charge in [0.2, 0.25) is 0 Å². The summed E-state index contributed by atoms with van der Waals surface area (Å²) in [6.07, 6.45) is 3.38. The minimum absolute atomic E-state index is 0.339. The summed E-state index contributed by atoms with van der Waals surface area (Å²) in [4.78, 5) is 0. The van der Waals surface area contributed by atoms with Crippen LogP contribution in [0, 0.1) is 5.82 Å². The quantitative estimate of drug-likeness (QED) is 0.814. The minimum atomic E-state index is -0.387. The van der Waals surface area contributed by atoms with Gasteiger partial charge in [-0.3, -0.25) is 0 Å². The van der Waals surface area contributed by atoms with E-state index in [1.165, 1.54) is 6.07 Å². The number of nitrogen functional groups attached to an aromatic ring is 1. The van der Waals surface area contributed by atoms with Gasteiger partial charge in [0.1, 0.15) is 5.82 Å². The summed E-state index contributed by atoms with van der Waals surface area (Å²) in [5.41, 5.74) is 6.67. The lowest BCUT2D eigenvalue weighted by Crippen LogP contribution is -2.01. The van der Waals surface area contributed by atoms with E-state index in [0.717, 1.165) is 4.47 Å². The number of hydrogen-bond acceptors (Lipinski definition) is 2. The first-order valence-electron chi connectivity index (χ1n) is 4.03. The van der Waals surface area contributed by atoms with Gasteiger partial charge in [0, 0.05) is 12.3 Å². The average Bonchev–Trinajstić information content (AvgIpc) is 2.58. The molecule has 0 spiro atoms. The van der Waals surface area contributed by atoms with Gasteiger partial charge < -0.3 is 5.73 Å². The second-order valence-corrected chi connectivity index (χ2v) is 4.70. The van der Waals surface area contributed by atoms with Crippen molar-refractivity contribution >= 4 is 37.5 Å². The Balaban J connectivity index is 2.58. The third-order valence-electron chi connectivity index (χ3n) is 1.87. The summed E-state index contributed by atoms with van der Waals surface area (Å²) in [7, 11) is 0. The van der Waals surface area contributed by atoms with Crippen molar-refractivity contribution in [1.82, 2.24) is 9.78 Å². The fraction of sp³-hybridized carbons (Fsp3) is 0. The Kier molecular flexibility index (Phi) is 2.79. The van der Waals surface area contributed by atoms with Gasteiger partial charge in [-0.05, 0) is 37.9 Å². The second kappa shape index (κ2) is 3.94. The van der Waals surface area contributed by atoms with Crippen molar-refractivity contribution in [3.63, 3.8) is 0 Å². The molecule has 1 aromatic heterocycles. The summed E-state index contributed by atoms with van der Waals surface area (Å²) in [5.74, 6) is -0.387. The minimum Gasteiger partial charge on any atom is -0.397 e. The zero-order chi connectivity index (χ0) is 11.0. The zero-order valence-electron chi connectivity index (χ0n) is 7.42. The van der Waals surface area contributed by atoms with E-state index in [1.807, 2.05) is 0 Å². The van der Waals surface area contributed by atoms with Crippen molar-refractivity contribution in [2.45, 2.75) is 0 Å². The molecule has 0 radical (unpaired) electrons. The number of hydrogen-bond donors (Lipinski definition) is 1. The van der Waals surface area contributed by atoms with E-state index in [-0.39, 0.29) is 5.82 Å². The molecule has 2 rings (SSSR count). The van der Waals surface area contributed by atoms with E-state index < -0.39 is 0 Å². The van der Waals surface area contributed by atoms with Crippen LogP contribution in [-0.2, 0) is 0 Å². The Morgan fingerprint density at radius 1 is 1.33 bits per heavy atom. The van der Waals surface area contributed by atoms with Crippen LogP contribution in [0.2, 0.25) is 0 Å². The molecule has 6 heteroatoms. The molecule has 0 saturated heterocycles. The van der Waals surface area contributed by atoms with Gasteiger partial charge in [-0.2, -0.15) is 5.10 Å². The Hall–Kier alpha value is -0.880. The molecule has 0 atom stereocenters. The molecule has 0 saturated carbocycles. The molecule has 0 unspecified atom stereocenters. The molecule has 3 nitrogen and oxygen atoms in total. The molecular formula is C9H6Br2FN3. The number of nitrogens with zero attached hydrogens (tertiary/aromatic N) is 2. The van der Waals surface area contributed by atoms with E-state index in [1.54, 1.807) is 23.1 Å². The van der Waals surface area contributed by atoms with Crippen LogP contribution in [-0.4, -0.2) is 9.78 Å². The van der Waals surface area contributed by atoms with Crippen LogP contribution in [0.25, 0.3) is 5.69 Å². The smallest absolute Gasteiger partial charge is 0.139 e. The lowest BCUT2D eigenvalue weighted by molar-refractivity contribution is 0.621. The van der Waals surface area contributed by atoms with E-state index >= 15 is 0 Å². The molecule has 1 heterocycles. The van der Waals surface area contributed by atoms with Gasteiger partial charge in [0.25, 0.3) is 0 Å². The summed E-state index contributed by atoms with van der Waals surface area (Å²) < 4.78 is 15.9. The standard InChI is InChI=1S/C9H6Br2FN3/c10-5-3-14-15(4-5)9-1-6(11)7(12)2-8(9)13/h1-4H,13H2. The van der Waals surface area contributed by atoms with Crippen molar-refractivity contribution < 1.29 is 4.39 Å². The third-order valence-corrected chi connectivity index (χ3v) is 2.88. The summed E-state index contributed by atoms with van der Waals surface area (Å²) in [6.45, 7) is 0. The lowest BCUT2D eigenvalue weighted by Gasteiger charge is -2.06. The van der Waals surface area contributed by atoms with Crippen LogP contribution in [0.4, 0.5) is 10.1 Å². The highest BCUT2D eigenvalue weighted by Gasteiger charge is 2.08. The van der Waals surface area contributed by atoms with Gasteiger partial charge in [-0.15, -0.1) is 0 Å². The number of benzene rings is 1. The Morgan fingerprint density at radius 3 is 2.67 bits per heavy atom. The first-order chi connectivity index (χ1) is 7.08. The van der Waals surface area contributed by atoms with E-state index in [4.69, 9.17) is 5.73 Å². The third kappa shape index (κ3) is 2.05. The first-order valence-corrected chi connectivity index (χ1v) is 5.61. The number of halogens is 3. The Bertz CT molecular complexity index is 510. The fourth-order valence-corrected chi connectivity index (χ4v) is 1.80. The van der Waals surface area contributed by atoms with Crippen molar-refractivity contribution in [3.8, 4) is 5.69 Å². The summed E-state index contributed by atoms with van der Waals surface area (Å²) >= 11 is 6.38. The van der Waals surface area contributed by atoms with Crippen molar-refractivity contribution in [2.24, 2.45) is 0 Å². The van der Waals surface area contributed by atoms with E-state index in [0.29, 0.717) is 15.8 Å². The molecule has 0 aliphatic heterocycles. The summed E-state index contributed by atoms with van der Waals surface area (Å²) in [5, 5.41) is 4.06. The molecule has 0 aliphatic carbocycles. The van der Waals surface area contributed by atoms with Gasteiger partial charge >= 0.3 is 0 Å². The van der Waals surface area contributed by atoms with Crippen LogP contribution in [0.1, 0.15) is 0 Å². The van der Waals surface area contributed by atoms with E-state index in [2.05, 4.69) is 37.0 Å². The van der Waals surface area contributed by atoms with Crippen LogP contribution in [0.3, 0.4) is 0 Å². The first kappa shape index (κ1) is 10.6. The molecule has 0 bridgehead atoms. The topological polar surface area (TPSA) is 43.8 Å². The van der Waals surface area contributed by atoms with Crippen LogP contribution in [0.15, 0.2) is 33.5 Å². The number of aromatic nitrogens is 2. The van der Waals surface area contributed by atoms with Crippen LogP contribution in [0.5, 0.6) is 0 Å². The fourth-order valence-electron chi connectivity index (χ4n) is 1.18. The maximum Gasteiger partial charge on any atom is 0.139 e. The van der Waals surface area contributed by atoms with Crippen molar-refractivity contribution in [3.05, 3.63) is 39.3 Å². The molecule has 2 N–H and O–H groups in total. The van der Waals surface area contributed by atoms with Gasteiger partial charge in [0.15, 0.2) is 0 Å². The molecule has 15 heavy (non-hydrogen) atoms. The number of anilines is 1. The predicted molar refractivity (Wildman–Crippen MR) is 63.3 cm³/mol. The molecule has 0 fully saturated rings. The van der Waals surface area contributed by atoms with Gasteiger partial charge in [-0.25, -0.2) is 9.07 Å². The zero-order valence-corrected chi connectivity index (χ0v) is 10.6. The SMILES string of the molecule is Nc1cc(F)c(Br)cc1-n1cc(Br)cn1. The highest BCUT2D eigenvalue weighted by atomic mass is 79.9. The number of nitrogens with two attached hydrogens (primary N) is 1. The normalized spacial score (nSPS) is 10.6. The van der Waals surface area contributed by atoms with Crippen LogP contribution >= 0.6 is 31.9 Å². The maximum absolute atomic E-state index is 13.1. The molecule has 0 amide bonds. The molecule has 1 aromatic carbocycles. The van der Waals surface area contributed by atoms with Crippen molar-refractivity contribution in [1.29, 1.82) is 0 Å². The summed E-state index contributed by atoms with van der Waals surface area (Å²) in [6, 6.07) is 2.85. The largest absolute Gasteiger partial charge is 0.397 e. The Labute approximate surface area is 102 Å². The lowest BCUT2D eigenvalue weighted by atomic mass is 10.2.